The van der Waals surface area contributed by atoms with E-state index < -0.39 is 0 Å². The van der Waals surface area contributed by atoms with Gasteiger partial charge in [0.1, 0.15) is 12.1 Å². The molecule has 1 aromatic heterocycles. The van der Waals surface area contributed by atoms with Gasteiger partial charge in [-0.3, -0.25) is 0 Å². The van der Waals surface area contributed by atoms with Gasteiger partial charge in [-0.25, -0.2) is 9.97 Å². The van der Waals surface area contributed by atoms with Gasteiger partial charge >= 0.3 is 0 Å². The Morgan fingerprint density at radius 1 is 1.20 bits per heavy atom. The van der Waals surface area contributed by atoms with Crippen molar-refractivity contribution in [3.05, 3.63) is 42.9 Å². The van der Waals surface area contributed by atoms with Gasteiger partial charge in [-0.05, 0) is 5.56 Å². The van der Waals surface area contributed by atoms with E-state index in [0.29, 0.717) is 13.2 Å². The molecular weight excluding hydrogens is 254 g/mol. The molecule has 1 aromatic carbocycles. The summed E-state index contributed by atoms with van der Waals surface area (Å²) in [6, 6.07) is 10.0. The Morgan fingerprint density at radius 3 is 2.70 bits per heavy atom. The number of hydrogen-bond donors (Lipinski definition) is 1. The molecule has 1 unspecified atom stereocenters. The number of methoxy groups -OCH3 is 2. The Kier molecular flexibility index (Phi) is 5.46. The molecule has 0 spiro atoms. The first kappa shape index (κ1) is 14.4. The minimum atomic E-state index is -0.0152. The van der Waals surface area contributed by atoms with Crippen LogP contribution in [0.4, 0.5) is 5.82 Å². The van der Waals surface area contributed by atoms with Gasteiger partial charge in [0, 0.05) is 32.5 Å². The lowest BCUT2D eigenvalue weighted by atomic mass is 10.1. The highest BCUT2D eigenvalue weighted by atomic mass is 16.5. The van der Waals surface area contributed by atoms with E-state index in [1.165, 1.54) is 6.33 Å². The molecule has 0 saturated carbocycles. The molecule has 2 rings (SSSR count). The highest BCUT2D eigenvalue weighted by Gasteiger charge is 2.10. The average Bonchev–Trinajstić information content (AvgIpc) is 2.52. The van der Waals surface area contributed by atoms with Crippen molar-refractivity contribution in [2.75, 3.05) is 32.7 Å². The Hall–Kier alpha value is -1.98. The summed E-state index contributed by atoms with van der Waals surface area (Å²) in [5.41, 5.74) is 2.05. The number of ether oxygens (including phenoxy) is 2. The van der Waals surface area contributed by atoms with Crippen LogP contribution in [0.5, 0.6) is 0 Å². The second kappa shape index (κ2) is 7.57. The van der Waals surface area contributed by atoms with E-state index in [1.54, 1.807) is 14.2 Å². The van der Waals surface area contributed by atoms with Gasteiger partial charge in [0.05, 0.1) is 12.7 Å². The normalized spacial score (nSPS) is 12.1. The number of nitrogens with zero attached hydrogens (tertiary/aromatic N) is 2. The molecular formula is C15H19N3O2. The molecule has 0 radical (unpaired) electrons. The molecule has 0 aliphatic carbocycles. The van der Waals surface area contributed by atoms with Gasteiger partial charge in [0.2, 0.25) is 0 Å². The van der Waals surface area contributed by atoms with Crippen molar-refractivity contribution >= 4 is 5.82 Å². The molecule has 0 aliphatic rings. The van der Waals surface area contributed by atoms with E-state index in [4.69, 9.17) is 9.47 Å². The summed E-state index contributed by atoms with van der Waals surface area (Å²) in [6.07, 6.45) is 3.33. The number of anilines is 1. The molecule has 0 saturated heterocycles. The lowest BCUT2D eigenvalue weighted by Crippen LogP contribution is -2.27. The van der Waals surface area contributed by atoms with Crippen molar-refractivity contribution in [2.24, 2.45) is 0 Å². The number of hydrogen-bond acceptors (Lipinski definition) is 5. The van der Waals surface area contributed by atoms with Crippen LogP contribution in [0, 0.1) is 0 Å². The van der Waals surface area contributed by atoms with Crippen LogP contribution >= 0.6 is 0 Å². The largest absolute Gasteiger partial charge is 0.382 e. The Balaban J connectivity index is 2.12. The minimum absolute atomic E-state index is 0.0152. The fourth-order valence-electron chi connectivity index (χ4n) is 1.91. The molecule has 20 heavy (non-hydrogen) atoms. The average molecular weight is 273 g/mol. The predicted molar refractivity (Wildman–Crippen MR) is 78.6 cm³/mol. The van der Waals surface area contributed by atoms with E-state index in [-0.39, 0.29) is 6.10 Å². The van der Waals surface area contributed by atoms with Crippen molar-refractivity contribution in [3.63, 3.8) is 0 Å². The van der Waals surface area contributed by atoms with Crippen LogP contribution < -0.4 is 5.32 Å². The molecule has 0 amide bonds. The zero-order chi connectivity index (χ0) is 14.2. The monoisotopic (exact) mass is 273 g/mol. The summed E-state index contributed by atoms with van der Waals surface area (Å²) in [4.78, 5) is 8.40. The van der Waals surface area contributed by atoms with Gasteiger partial charge in [-0.15, -0.1) is 0 Å². The van der Waals surface area contributed by atoms with Crippen LogP contribution in [0.1, 0.15) is 0 Å². The Morgan fingerprint density at radius 2 is 2.00 bits per heavy atom. The second-order valence-electron chi connectivity index (χ2n) is 4.35. The maximum atomic E-state index is 5.33. The first-order valence-electron chi connectivity index (χ1n) is 6.46. The van der Waals surface area contributed by atoms with Crippen LogP contribution in [0.15, 0.2) is 42.9 Å². The first-order chi connectivity index (χ1) is 9.85. The van der Waals surface area contributed by atoms with Gasteiger partial charge in [0.25, 0.3) is 0 Å². The Bertz CT molecular complexity index is 520. The summed E-state index contributed by atoms with van der Waals surface area (Å²) in [5, 5.41) is 3.29. The maximum absolute atomic E-state index is 5.33. The lowest BCUT2D eigenvalue weighted by Gasteiger charge is -2.16. The Labute approximate surface area is 119 Å². The third-order valence-corrected chi connectivity index (χ3v) is 2.98. The van der Waals surface area contributed by atoms with Crippen LogP contribution in [0.25, 0.3) is 11.1 Å². The van der Waals surface area contributed by atoms with Crippen LogP contribution in [-0.4, -0.2) is 43.4 Å². The van der Waals surface area contributed by atoms with E-state index in [9.17, 15) is 0 Å². The smallest absolute Gasteiger partial charge is 0.137 e. The fourth-order valence-corrected chi connectivity index (χ4v) is 1.91. The molecule has 0 bridgehead atoms. The number of benzene rings is 1. The second-order valence-corrected chi connectivity index (χ2v) is 4.35. The first-order valence-corrected chi connectivity index (χ1v) is 6.46. The summed E-state index contributed by atoms with van der Waals surface area (Å²) < 4.78 is 10.4. The quantitative estimate of drug-likeness (QED) is 0.838. The highest BCUT2D eigenvalue weighted by Crippen LogP contribution is 2.24. The van der Waals surface area contributed by atoms with E-state index >= 15 is 0 Å². The molecule has 2 aromatic rings. The fraction of sp³-hybridized carbons (Fsp3) is 0.333. The third-order valence-electron chi connectivity index (χ3n) is 2.98. The molecule has 5 heteroatoms. The topological polar surface area (TPSA) is 56.3 Å². The standard InChI is InChI=1S/C15H19N3O2/c1-19-10-13(20-2)8-17-15-14(9-16-11-18-15)12-6-4-3-5-7-12/h3-7,9,11,13H,8,10H2,1-2H3,(H,16,17,18). The van der Waals surface area contributed by atoms with Crippen molar-refractivity contribution in [1.82, 2.24) is 9.97 Å². The van der Waals surface area contributed by atoms with E-state index in [0.717, 1.165) is 16.9 Å². The number of aromatic nitrogens is 2. The zero-order valence-corrected chi connectivity index (χ0v) is 11.7. The summed E-state index contributed by atoms with van der Waals surface area (Å²) in [7, 11) is 3.33. The van der Waals surface area contributed by atoms with Crippen molar-refractivity contribution in [3.8, 4) is 11.1 Å². The molecule has 106 valence electrons. The molecule has 1 atom stereocenters. The van der Waals surface area contributed by atoms with Gasteiger partial charge in [0.15, 0.2) is 0 Å². The SMILES string of the molecule is COCC(CNc1ncncc1-c1ccccc1)OC. The van der Waals surface area contributed by atoms with Crippen molar-refractivity contribution in [1.29, 1.82) is 0 Å². The third kappa shape index (κ3) is 3.76. The van der Waals surface area contributed by atoms with Gasteiger partial charge in [-0.1, -0.05) is 30.3 Å². The van der Waals surface area contributed by atoms with Crippen molar-refractivity contribution < 1.29 is 9.47 Å². The predicted octanol–water partition coefficient (Wildman–Crippen LogP) is 2.22. The van der Waals surface area contributed by atoms with Crippen LogP contribution in [0.3, 0.4) is 0 Å². The number of rotatable bonds is 7. The van der Waals surface area contributed by atoms with Gasteiger partial charge in [-0.2, -0.15) is 0 Å². The van der Waals surface area contributed by atoms with Crippen molar-refractivity contribution in [2.45, 2.75) is 6.10 Å². The number of nitrogens with one attached hydrogen (secondary N) is 1. The molecule has 1 N–H and O–H groups in total. The van der Waals surface area contributed by atoms with Crippen LogP contribution in [-0.2, 0) is 9.47 Å². The molecule has 5 nitrogen and oxygen atoms in total. The van der Waals surface area contributed by atoms with Crippen LogP contribution in [0.2, 0.25) is 0 Å². The highest BCUT2D eigenvalue weighted by molar-refractivity contribution is 5.74. The summed E-state index contributed by atoms with van der Waals surface area (Å²) in [6.45, 7) is 1.16. The molecule has 0 fully saturated rings. The lowest BCUT2D eigenvalue weighted by molar-refractivity contribution is 0.0365. The van der Waals surface area contributed by atoms with E-state index in [2.05, 4.69) is 15.3 Å². The molecule has 1 heterocycles. The van der Waals surface area contributed by atoms with Gasteiger partial charge < -0.3 is 14.8 Å². The van der Waals surface area contributed by atoms with E-state index in [1.807, 2.05) is 36.5 Å². The maximum Gasteiger partial charge on any atom is 0.137 e. The summed E-state index contributed by atoms with van der Waals surface area (Å²) in [5.74, 6) is 0.796. The summed E-state index contributed by atoms with van der Waals surface area (Å²) >= 11 is 0. The molecule has 0 aliphatic heterocycles. The minimum Gasteiger partial charge on any atom is -0.382 e. The zero-order valence-electron chi connectivity index (χ0n) is 11.7.